The van der Waals surface area contributed by atoms with E-state index in [0.29, 0.717) is 12.3 Å². The van der Waals surface area contributed by atoms with E-state index in [1.54, 1.807) is 0 Å². The number of anilines is 1. The molecule has 0 saturated carbocycles. The highest BCUT2D eigenvalue weighted by molar-refractivity contribution is 5.76. The Morgan fingerprint density at radius 1 is 0.686 bits per heavy atom. The molecule has 0 aliphatic carbocycles. The van der Waals surface area contributed by atoms with Crippen LogP contribution in [0.5, 0.6) is 0 Å². The maximum atomic E-state index is 12.6. The first-order chi connectivity index (χ1) is 17.2. The third-order valence-corrected chi connectivity index (χ3v) is 6.88. The molecule has 1 saturated heterocycles. The van der Waals surface area contributed by atoms with Gasteiger partial charge in [0.2, 0.25) is 5.91 Å². The second-order valence-corrected chi connectivity index (χ2v) is 9.73. The fourth-order valence-electron chi connectivity index (χ4n) is 4.56. The minimum absolute atomic E-state index is 0.326. The first kappa shape index (κ1) is 26.9. The van der Waals surface area contributed by atoms with Gasteiger partial charge in [0.25, 0.3) is 0 Å². The van der Waals surface area contributed by atoms with Gasteiger partial charge in [-0.3, -0.25) is 4.79 Å². The fraction of sp³-hybridized carbons (Fsp3) is 0.567. The summed E-state index contributed by atoms with van der Waals surface area (Å²) in [6, 6.07) is 16.6. The van der Waals surface area contributed by atoms with E-state index in [1.807, 2.05) is 29.2 Å². The molecule has 0 N–H and O–H groups in total. The van der Waals surface area contributed by atoms with Gasteiger partial charge in [0.1, 0.15) is 0 Å². The molecule has 2 aromatic carbocycles. The molecule has 5 nitrogen and oxygen atoms in total. The van der Waals surface area contributed by atoms with E-state index in [0.717, 1.165) is 50.4 Å². The molecule has 0 aromatic heterocycles. The van der Waals surface area contributed by atoms with Crippen LogP contribution >= 0.6 is 0 Å². The topological polar surface area (TPSA) is 48.3 Å². The van der Waals surface area contributed by atoms with Gasteiger partial charge in [-0.15, -0.1) is 0 Å². The van der Waals surface area contributed by atoms with E-state index in [9.17, 15) is 4.79 Å². The molecule has 1 heterocycles. The summed E-state index contributed by atoms with van der Waals surface area (Å²) in [5.74, 6) is 0.326. The molecule has 0 spiro atoms. The summed E-state index contributed by atoms with van der Waals surface area (Å²) in [6.45, 7) is 7.85. The van der Waals surface area contributed by atoms with Gasteiger partial charge in [-0.25, -0.2) is 0 Å². The molecule has 2 aromatic rings. The molecule has 3 rings (SSSR count). The molecule has 190 valence electrons. The van der Waals surface area contributed by atoms with E-state index in [-0.39, 0.29) is 0 Å². The van der Waals surface area contributed by atoms with Gasteiger partial charge < -0.3 is 9.80 Å². The number of rotatable bonds is 14. The summed E-state index contributed by atoms with van der Waals surface area (Å²) in [6.07, 6.45) is 13.0. The first-order valence-electron chi connectivity index (χ1n) is 13.8. The van der Waals surface area contributed by atoms with Crippen LogP contribution in [-0.2, 0) is 11.2 Å². The molecular formula is C30H44N4O. The summed E-state index contributed by atoms with van der Waals surface area (Å²) in [4.78, 5) is 17.0. The second kappa shape index (κ2) is 15.3. The average molecular weight is 477 g/mol. The number of aryl methyl sites for hydroxylation is 1. The second-order valence-electron chi connectivity index (χ2n) is 9.73. The summed E-state index contributed by atoms with van der Waals surface area (Å²) >= 11 is 0. The number of benzene rings is 2. The average Bonchev–Trinajstić information content (AvgIpc) is 2.91. The number of hydrogen-bond acceptors (Lipinski definition) is 4. The van der Waals surface area contributed by atoms with Crippen molar-refractivity contribution in [3.8, 4) is 0 Å². The monoisotopic (exact) mass is 476 g/mol. The maximum Gasteiger partial charge on any atom is 0.222 e. The van der Waals surface area contributed by atoms with Crippen LogP contribution in [0.2, 0.25) is 0 Å². The summed E-state index contributed by atoms with van der Waals surface area (Å²) < 4.78 is 0. The standard InChI is InChI=1S/C30H44N4O/c1-3-5-7-8-9-10-11-13-30(35)34-24-22-33(23-25-34)29-20-18-28(19-21-29)32-31-27-16-14-26(15-17-27)12-6-4-2/h14-21H,3-13,22-25H2,1-2H3. The van der Waals surface area contributed by atoms with Crippen LogP contribution in [-0.4, -0.2) is 37.0 Å². The largest absolute Gasteiger partial charge is 0.368 e. The number of piperazine rings is 1. The SMILES string of the molecule is CCCCCCCCCC(=O)N1CCN(c2ccc(N=Nc3ccc(CCCC)cc3)cc2)CC1. The van der Waals surface area contributed by atoms with E-state index >= 15 is 0 Å². The Morgan fingerprint density at radius 2 is 1.23 bits per heavy atom. The predicted molar refractivity (Wildman–Crippen MR) is 147 cm³/mol. The number of azo groups is 1. The quantitative estimate of drug-likeness (QED) is 0.204. The minimum atomic E-state index is 0.326. The van der Waals surface area contributed by atoms with Crippen LogP contribution in [0.25, 0.3) is 0 Å². The number of nitrogens with zero attached hydrogens (tertiary/aromatic N) is 4. The van der Waals surface area contributed by atoms with E-state index in [1.165, 1.54) is 62.6 Å². The van der Waals surface area contributed by atoms with Crippen LogP contribution in [0.1, 0.15) is 83.6 Å². The van der Waals surface area contributed by atoms with E-state index in [2.05, 4.69) is 53.2 Å². The highest BCUT2D eigenvalue weighted by atomic mass is 16.2. The third kappa shape index (κ3) is 9.46. The summed E-state index contributed by atoms with van der Waals surface area (Å²) in [7, 11) is 0. The third-order valence-electron chi connectivity index (χ3n) is 6.88. The highest BCUT2D eigenvalue weighted by Gasteiger charge is 2.20. The van der Waals surface area contributed by atoms with Crippen molar-refractivity contribution in [1.29, 1.82) is 0 Å². The van der Waals surface area contributed by atoms with Crippen molar-refractivity contribution in [3.63, 3.8) is 0 Å². The number of hydrogen-bond donors (Lipinski definition) is 0. The molecular weight excluding hydrogens is 432 g/mol. The molecule has 0 radical (unpaired) electrons. The van der Waals surface area contributed by atoms with Crippen LogP contribution < -0.4 is 4.90 Å². The first-order valence-corrected chi connectivity index (χ1v) is 13.8. The molecule has 0 atom stereocenters. The van der Waals surface area contributed by atoms with Crippen LogP contribution in [0.4, 0.5) is 17.1 Å². The van der Waals surface area contributed by atoms with Gasteiger partial charge in [-0.2, -0.15) is 10.2 Å². The van der Waals surface area contributed by atoms with Crippen molar-refractivity contribution >= 4 is 23.0 Å². The van der Waals surface area contributed by atoms with Crippen molar-refractivity contribution < 1.29 is 4.79 Å². The smallest absolute Gasteiger partial charge is 0.222 e. The van der Waals surface area contributed by atoms with Crippen molar-refractivity contribution in [3.05, 3.63) is 54.1 Å². The lowest BCUT2D eigenvalue weighted by atomic mass is 10.1. The molecule has 1 aliphatic rings. The Bertz CT molecular complexity index is 884. The zero-order valence-corrected chi connectivity index (χ0v) is 21.9. The van der Waals surface area contributed by atoms with E-state index < -0.39 is 0 Å². The molecule has 35 heavy (non-hydrogen) atoms. The zero-order chi connectivity index (χ0) is 24.7. The molecule has 1 aliphatic heterocycles. The summed E-state index contributed by atoms with van der Waals surface area (Å²) in [5, 5.41) is 8.79. The van der Waals surface area contributed by atoms with Gasteiger partial charge in [0, 0.05) is 38.3 Å². The van der Waals surface area contributed by atoms with Crippen LogP contribution in [0, 0.1) is 0 Å². The Morgan fingerprint density at radius 3 is 1.83 bits per heavy atom. The van der Waals surface area contributed by atoms with Crippen molar-refractivity contribution in [2.45, 2.75) is 84.5 Å². The van der Waals surface area contributed by atoms with Crippen LogP contribution in [0.3, 0.4) is 0 Å². The molecule has 0 bridgehead atoms. The Kier molecular flexibility index (Phi) is 11.8. The Balaban J connectivity index is 1.38. The molecule has 1 amide bonds. The Labute approximate surface area is 212 Å². The van der Waals surface area contributed by atoms with Crippen molar-refractivity contribution in [2.75, 3.05) is 31.1 Å². The van der Waals surface area contributed by atoms with E-state index in [4.69, 9.17) is 0 Å². The number of unbranched alkanes of at least 4 members (excludes halogenated alkanes) is 7. The Hall–Kier alpha value is -2.69. The van der Waals surface area contributed by atoms with Gasteiger partial charge >= 0.3 is 0 Å². The lowest BCUT2D eigenvalue weighted by Gasteiger charge is -2.36. The minimum Gasteiger partial charge on any atom is -0.368 e. The van der Waals surface area contributed by atoms with Crippen LogP contribution in [0.15, 0.2) is 58.8 Å². The highest BCUT2D eigenvalue weighted by Crippen LogP contribution is 2.24. The lowest BCUT2D eigenvalue weighted by Crippen LogP contribution is -2.48. The van der Waals surface area contributed by atoms with Crippen molar-refractivity contribution in [1.82, 2.24) is 4.90 Å². The van der Waals surface area contributed by atoms with Gasteiger partial charge in [0.05, 0.1) is 11.4 Å². The van der Waals surface area contributed by atoms with Gasteiger partial charge in [0.15, 0.2) is 0 Å². The number of carbonyl (C=O) groups is 1. The van der Waals surface area contributed by atoms with Crippen molar-refractivity contribution in [2.24, 2.45) is 10.2 Å². The zero-order valence-electron chi connectivity index (χ0n) is 21.9. The molecule has 5 heteroatoms. The lowest BCUT2D eigenvalue weighted by molar-refractivity contribution is -0.131. The maximum absolute atomic E-state index is 12.6. The number of carbonyl (C=O) groups excluding carboxylic acids is 1. The van der Waals surface area contributed by atoms with Gasteiger partial charge in [-0.1, -0.05) is 70.9 Å². The fourth-order valence-corrected chi connectivity index (χ4v) is 4.56. The molecule has 0 unspecified atom stereocenters. The normalized spacial score (nSPS) is 14.1. The number of amides is 1. The summed E-state index contributed by atoms with van der Waals surface area (Å²) in [5.41, 5.74) is 4.28. The predicted octanol–water partition coefficient (Wildman–Crippen LogP) is 8.23. The molecule has 1 fully saturated rings. The van der Waals surface area contributed by atoms with Gasteiger partial charge in [-0.05, 0) is 61.2 Å².